The lowest BCUT2D eigenvalue weighted by molar-refractivity contribution is -0.134. The van der Waals surface area contributed by atoms with Crippen LogP contribution < -0.4 is 25.2 Å². The van der Waals surface area contributed by atoms with Crippen LogP contribution in [-0.4, -0.2) is 105 Å². The number of thioether (sulfide) groups is 1. The van der Waals surface area contributed by atoms with Crippen molar-refractivity contribution < 1.29 is 33.4 Å². The summed E-state index contributed by atoms with van der Waals surface area (Å²) < 4.78 is 12.7. The number of aromatic nitrogens is 2. The summed E-state index contributed by atoms with van der Waals surface area (Å²) in [5.74, 6) is -0.0885. The van der Waals surface area contributed by atoms with Gasteiger partial charge in [0, 0.05) is 56.8 Å². The monoisotopic (exact) mass is 974 g/mol. The van der Waals surface area contributed by atoms with Crippen molar-refractivity contribution in [3.63, 3.8) is 0 Å². The van der Waals surface area contributed by atoms with Crippen molar-refractivity contribution in [1.29, 1.82) is 0 Å². The zero-order valence-electron chi connectivity index (χ0n) is 39.8. The molecule has 366 valence electrons. The third-order valence-corrected chi connectivity index (χ3v) is 16.2. The number of aliphatic imine (C=N–C) groups is 1. The Kier molecular flexibility index (Phi) is 13.2. The molecule has 3 aromatic carbocycles. The molecule has 5 aromatic rings. The van der Waals surface area contributed by atoms with Crippen LogP contribution in [0, 0.1) is 12.8 Å². The summed E-state index contributed by atoms with van der Waals surface area (Å²) in [5, 5.41) is 16.7. The topological polar surface area (TPSA) is 183 Å². The molecule has 6 aliphatic rings. The van der Waals surface area contributed by atoms with E-state index in [1.54, 1.807) is 11.8 Å². The first-order valence-electron chi connectivity index (χ1n) is 25.1. The third-order valence-electron chi connectivity index (χ3n) is 15.1. The molecule has 11 rings (SSSR count). The Balaban J connectivity index is 0.642. The number of hydrogen-bond acceptors (Lipinski definition) is 13. The van der Waals surface area contributed by atoms with Gasteiger partial charge in [0.2, 0.25) is 11.8 Å². The number of carboxylic acids is 1. The molecule has 0 radical (unpaired) electrons. The molecule has 1 saturated carbocycles. The second-order valence-electron chi connectivity index (χ2n) is 19.7. The number of rotatable bonds is 12. The Bertz CT molecular complexity index is 2990. The predicted octanol–water partition coefficient (Wildman–Crippen LogP) is 8.22. The van der Waals surface area contributed by atoms with Crippen LogP contribution in [0.15, 0.2) is 100 Å². The molecule has 2 aliphatic carbocycles. The zero-order chi connectivity index (χ0) is 48.6. The summed E-state index contributed by atoms with van der Waals surface area (Å²) in [6, 6.07) is 21.8. The number of anilines is 2. The number of piperidine rings is 1. The molecule has 16 heteroatoms. The summed E-state index contributed by atoms with van der Waals surface area (Å²) >= 11 is 1.56. The molecule has 15 nitrogen and oxygen atoms in total. The van der Waals surface area contributed by atoms with E-state index in [0.717, 1.165) is 104 Å². The molecule has 2 aromatic heterocycles. The van der Waals surface area contributed by atoms with E-state index in [1.807, 2.05) is 85.8 Å². The summed E-state index contributed by atoms with van der Waals surface area (Å²) in [5.41, 5.74) is 7.13. The van der Waals surface area contributed by atoms with Gasteiger partial charge in [0.1, 0.15) is 17.1 Å². The summed E-state index contributed by atoms with van der Waals surface area (Å²) in [6.45, 7) is 7.71. The number of amides is 3. The minimum atomic E-state index is -1.10. The minimum absolute atomic E-state index is 0.0119. The molecule has 6 heterocycles. The van der Waals surface area contributed by atoms with Crippen molar-refractivity contribution in [2.24, 2.45) is 10.9 Å². The lowest BCUT2D eigenvalue weighted by atomic mass is 9.84. The Hall–Kier alpha value is -6.78. The van der Waals surface area contributed by atoms with Gasteiger partial charge < -0.3 is 29.4 Å². The average Bonchev–Trinajstić information content (AvgIpc) is 4.00. The van der Waals surface area contributed by atoms with Crippen LogP contribution in [0.4, 0.5) is 11.8 Å². The van der Waals surface area contributed by atoms with Crippen molar-refractivity contribution in [3.8, 4) is 16.9 Å². The Morgan fingerprint density at radius 1 is 0.887 bits per heavy atom. The van der Waals surface area contributed by atoms with Crippen LogP contribution in [-0.2, 0) is 22.6 Å². The quantitative estimate of drug-likeness (QED) is 0.102. The Morgan fingerprint density at radius 2 is 1.72 bits per heavy atom. The minimum Gasteiger partial charge on any atom is -0.490 e. The Morgan fingerprint density at radius 3 is 2.52 bits per heavy atom. The molecule has 4 aliphatic heterocycles. The number of imide groups is 1. The number of benzene rings is 3. The molecule has 3 fully saturated rings. The lowest BCUT2D eigenvalue weighted by Crippen LogP contribution is -2.46. The second kappa shape index (κ2) is 20.1. The first kappa shape index (κ1) is 46.6. The van der Waals surface area contributed by atoms with Crippen molar-refractivity contribution in [2.75, 3.05) is 49.1 Å². The number of oxazole rings is 1. The number of hydrogen-bond donors (Lipinski definition) is 3. The molecule has 0 spiro atoms. The van der Waals surface area contributed by atoms with E-state index in [1.165, 1.54) is 6.42 Å². The number of amidine groups is 1. The summed E-state index contributed by atoms with van der Waals surface area (Å²) in [4.78, 5) is 71.4. The lowest BCUT2D eigenvalue weighted by Gasteiger charge is -2.34. The van der Waals surface area contributed by atoms with Gasteiger partial charge in [0.05, 0.1) is 23.3 Å². The third kappa shape index (κ3) is 10.1. The molecule has 3 amide bonds. The highest BCUT2D eigenvalue weighted by Crippen LogP contribution is 2.37. The number of carboxylic acid groups (broad SMARTS) is 1. The van der Waals surface area contributed by atoms with Crippen LogP contribution >= 0.6 is 11.8 Å². The van der Waals surface area contributed by atoms with E-state index in [4.69, 9.17) is 24.1 Å². The number of pyridine rings is 1. The predicted molar refractivity (Wildman–Crippen MR) is 274 cm³/mol. The number of ether oxygens (including phenoxy) is 1. The molecule has 71 heavy (non-hydrogen) atoms. The molecule has 3 N–H and O–H groups in total. The van der Waals surface area contributed by atoms with Crippen LogP contribution in [0.25, 0.3) is 22.2 Å². The summed E-state index contributed by atoms with van der Waals surface area (Å²) in [6.07, 6.45) is 16.5. The van der Waals surface area contributed by atoms with E-state index in [-0.39, 0.29) is 46.7 Å². The number of nitrogens with zero attached hydrogens (tertiary/aromatic N) is 6. The van der Waals surface area contributed by atoms with Gasteiger partial charge in [-0.05, 0) is 141 Å². The van der Waals surface area contributed by atoms with Gasteiger partial charge in [0.25, 0.3) is 11.9 Å². The van der Waals surface area contributed by atoms with Crippen molar-refractivity contribution >= 4 is 63.6 Å². The van der Waals surface area contributed by atoms with E-state index < -0.39 is 5.97 Å². The standard InChI is InChI=1S/C55H58N8O7S/c1-33-30-38(69-37-14-11-34(12-15-37)6-5-24-61-26-28-62(29-27-61)55-57-44-20-13-36(31-46(44)70-55)40-19-22-49(64)59-51(40)65)16-17-39(33)41-18-21-48(58-50(41)53(67)68)63-25-23-35-7-4-8-42(43(35)32-63)52(66)60-54-56-45-9-2-3-10-47(45)71-54/h2-4,7-10,13,16-18,20-21,30-31,34,37,40,45,47H,5-6,11-12,14-15,19,22-29,32H2,1H3,(H,67,68)(H,56,60,66)(H,59,64,65). The highest BCUT2D eigenvalue weighted by atomic mass is 32.2. The number of aryl methyl sites for hydroxylation is 1. The molecule has 3 atom stereocenters. The number of fused-ring (bicyclic) bond motifs is 3. The number of carbonyl (C=O) groups excluding carboxylic acids is 3. The Labute approximate surface area is 416 Å². The van der Waals surface area contributed by atoms with Crippen molar-refractivity contribution in [1.82, 2.24) is 25.5 Å². The molecular formula is C55H58N8O7S. The number of piperazine rings is 1. The largest absolute Gasteiger partial charge is 0.490 e. The highest BCUT2D eigenvalue weighted by Gasteiger charge is 2.32. The van der Waals surface area contributed by atoms with Gasteiger partial charge in [-0.3, -0.25) is 29.6 Å². The SMILES string of the molecule is Cc1cc(OC2CCC(CCCN3CCN(c4nc5ccc(C6CCC(=O)NC6=O)cc5o4)CC3)CC2)ccc1-c1ccc(N2CCc3cccc(C(=O)NC4=NC5C=CC=CC5S4)c3C2)nc1C(=O)O. The molecular weight excluding hydrogens is 917 g/mol. The number of allylic oxidation sites excluding steroid dienone is 2. The fraction of sp³-hybridized carbons (Fsp3) is 0.400. The van der Waals surface area contributed by atoms with Crippen LogP contribution in [0.5, 0.6) is 5.75 Å². The van der Waals surface area contributed by atoms with Gasteiger partial charge in [-0.1, -0.05) is 60.3 Å². The van der Waals surface area contributed by atoms with E-state index in [0.29, 0.717) is 72.0 Å². The summed E-state index contributed by atoms with van der Waals surface area (Å²) in [7, 11) is 0. The zero-order valence-corrected chi connectivity index (χ0v) is 40.7. The molecule has 3 unspecified atom stereocenters. The first-order chi connectivity index (χ1) is 34.6. The van der Waals surface area contributed by atoms with Gasteiger partial charge in [-0.15, -0.1) is 0 Å². The number of aromatic carboxylic acids is 1. The fourth-order valence-electron chi connectivity index (χ4n) is 11.1. The maximum atomic E-state index is 13.6. The van der Waals surface area contributed by atoms with Gasteiger partial charge in [0.15, 0.2) is 16.4 Å². The second-order valence-corrected chi connectivity index (χ2v) is 20.8. The fourth-order valence-corrected chi connectivity index (χ4v) is 12.2. The van der Waals surface area contributed by atoms with Crippen molar-refractivity contribution in [2.45, 2.75) is 94.6 Å². The maximum Gasteiger partial charge on any atom is 0.355 e. The van der Waals surface area contributed by atoms with Crippen LogP contribution in [0.1, 0.15) is 100 Å². The number of nitrogens with one attached hydrogen (secondary N) is 2. The first-order valence-corrected chi connectivity index (χ1v) is 26.0. The van der Waals surface area contributed by atoms with E-state index >= 15 is 0 Å². The molecule has 0 bridgehead atoms. The van der Waals surface area contributed by atoms with Gasteiger partial charge in [-0.2, -0.15) is 4.98 Å². The van der Waals surface area contributed by atoms with Crippen LogP contribution in [0.3, 0.4) is 0 Å². The van der Waals surface area contributed by atoms with Gasteiger partial charge in [-0.25, -0.2) is 9.78 Å². The van der Waals surface area contributed by atoms with Crippen LogP contribution in [0.2, 0.25) is 0 Å². The van der Waals surface area contributed by atoms with Crippen molar-refractivity contribution in [3.05, 3.63) is 125 Å². The molecule has 2 saturated heterocycles. The van der Waals surface area contributed by atoms with Gasteiger partial charge >= 0.3 is 5.97 Å². The smallest absolute Gasteiger partial charge is 0.355 e. The number of carbonyl (C=O) groups is 4. The normalized spacial score (nSPS) is 23.3. The maximum absolute atomic E-state index is 13.6. The average molecular weight is 975 g/mol. The van der Waals surface area contributed by atoms with E-state index in [2.05, 4.69) is 37.5 Å². The van der Waals surface area contributed by atoms with E-state index in [9.17, 15) is 24.3 Å². The highest BCUT2D eigenvalue weighted by molar-refractivity contribution is 8.14.